The van der Waals surface area contributed by atoms with Gasteiger partial charge in [0.05, 0.1) is 11.0 Å². The van der Waals surface area contributed by atoms with Gasteiger partial charge in [-0.1, -0.05) is 24.6 Å². The first-order valence-electron chi connectivity index (χ1n) is 7.40. The Bertz CT molecular complexity index is 561. The van der Waals surface area contributed by atoms with Crippen molar-refractivity contribution < 1.29 is 9.72 Å². The van der Waals surface area contributed by atoms with Crippen LogP contribution < -0.4 is 10.6 Å². The second-order valence-corrected chi connectivity index (χ2v) is 5.84. The molecule has 3 rings (SSSR count). The van der Waals surface area contributed by atoms with Crippen molar-refractivity contribution >= 4 is 11.6 Å². The summed E-state index contributed by atoms with van der Waals surface area (Å²) in [4.78, 5) is 22.8. The molecule has 1 aliphatic heterocycles. The summed E-state index contributed by atoms with van der Waals surface area (Å²) in [5.41, 5.74) is 0.591. The minimum absolute atomic E-state index is 0.0393. The van der Waals surface area contributed by atoms with E-state index in [2.05, 4.69) is 10.6 Å². The average Bonchev–Trinajstić information content (AvgIpc) is 3.07. The van der Waals surface area contributed by atoms with Gasteiger partial charge in [-0.05, 0) is 31.2 Å². The van der Waals surface area contributed by atoms with Crippen molar-refractivity contribution in [3.63, 3.8) is 0 Å². The number of nitrogens with zero attached hydrogens (tertiary/aromatic N) is 1. The normalized spacial score (nSPS) is 27.3. The Morgan fingerprint density at radius 1 is 1.38 bits per heavy atom. The van der Waals surface area contributed by atoms with Crippen molar-refractivity contribution in [1.82, 2.24) is 10.6 Å². The first-order valence-corrected chi connectivity index (χ1v) is 7.40. The van der Waals surface area contributed by atoms with Crippen LogP contribution in [0.2, 0.25) is 0 Å². The fraction of sp³-hybridized carbons (Fsp3) is 0.533. The van der Waals surface area contributed by atoms with Gasteiger partial charge in [0, 0.05) is 18.2 Å². The highest BCUT2D eigenvalue weighted by molar-refractivity contribution is 5.82. The molecule has 112 valence electrons. The summed E-state index contributed by atoms with van der Waals surface area (Å²) in [6, 6.07) is 6.38. The number of amides is 1. The third kappa shape index (κ3) is 2.76. The van der Waals surface area contributed by atoms with Crippen LogP contribution in [-0.4, -0.2) is 23.4 Å². The summed E-state index contributed by atoms with van der Waals surface area (Å²) in [5.74, 6) is 1.00. The quantitative estimate of drug-likeness (QED) is 0.651. The van der Waals surface area contributed by atoms with Gasteiger partial charge in [0.1, 0.15) is 0 Å². The van der Waals surface area contributed by atoms with Crippen molar-refractivity contribution in [1.29, 1.82) is 0 Å². The largest absolute Gasteiger partial charge is 0.350 e. The molecule has 1 aromatic rings. The molecule has 2 aliphatic rings. The number of nitro benzene ring substituents is 1. The lowest BCUT2D eigenvalue weighted by Gasteiger charge is -2.17. The minimum Gasteiger partial charge on any atom is -0.350 e. The SMILES string of the molecule is O=C(NCc1ccccc1[N+](=O)[O-])C1NCC2CCCC21. The van der Waals surface area contributed by atoms with Gasteiger partial charge in [0.2, 0.25) is 5.91 Å². The maximum atomic E-state index is 12.3. The highest BCUT2D eigenvalue weighted by Gasteiger charge is 2.42. The zero-order chi connectivity index (χ0) is 14.8. The average molecular weight is 289 g/mol. The molecule has 1 aliphatic carbocycles. The van der Waals surface area contributed by atoms with E-state index in [1.807, 2.05) is 0 Å². The van der Waals surface area contributed by atoms with Crippen LogP contribution in [0.4, 0.5) is 5.69 Å². The van der Waals surface area contributed by atoms with E-state index in [9.17, 15) is 14.9 Å². The predicted molar refractivity (Wildman–Crippen MR) is 77.6 cm³/mol. The Balaban J connectivity index is 1.63. The van der Waals surface area contributed by atoms with Gasteiger partial charge < -0.3 is 10.6 Å². The Morgan fingerprint density at radius 3 is 3.00 bits per heavy atom. The maximum absolute atomic E-state index is 12.3. The Labute approximate surface area is 123 Å². The molecule has 0 radical (unpaired) electrons. The van der Waals surface area contributed by atoms with Crippen LogP contribution in [0, 0.1) is 22.0 Å². The summed E-state index contributed by atoms with van der Waals surface area (Å²) in [7, 11) is 0. The maximum Gasteiger partial charge on any atom is 0.274 e. The van der Waals surface area contributed by atoms with Gasteiger partial charge in [-0.15, -0.1) is 0 Å². The van der Waals surface area contributed by atoms with Gasteiger partial charge in [-0.3, -0.25) is 14.9 Å². The number of hydrogen-bond acceptors (Lipinski definition) is 4. The molecule has 2 N–H and O–H groups in total. The van der Waals surface area contributed by atoms with Crippen molar-refractivity contribution in [2.75, 3.05) is 6.54 Å². The van der Waals surface area contributed by atoms with E-state index < -0.39 is 4.92 Å². The molecule has 21 heavy (non-hydrogen) atoms. The van der Waals surface area contributed by atoms with Crippen molar-refractivity contribution in [3.05, 3.63) is 39.9 Å². The number of benzene rings is 1. The first-order chi connectivity index (χ1) is 10.2. The number of carbonyl (C=O) groups is 1. The molecule has 1 saturated heterocycles. The molecule has 0 bridgehead atoms. The third-order valence-corrected chi connectivity index (χ3v) is 4.67. The van der Waals surface area contributed by atoms with Crippen LogP contribution in [0.15, 0.2) is 24.3 Å². The Kier molecular flexibility index (Phi) is 3.88. The molecule has 1 saturated carbocycles. The van der Waals surface area contributed by atoms with Gasteiger partial charge in [-0.25, -0.2) is 0 Å². The van der Waals surface area contributed by atoms with Crippen LogP contribution in [-0.2, 0) is 11.3 Å². The van der Waals surface area contributed by atoms with E-state index in [0.717, 1.165) is 13.0 Å². The van der Waals surface area contributed by atoms with E-state index in [1.54, 1.807) is 18.2 Å². The fourth-order valence-corrected chi connectivity index (χ4v) is 3.61. The number of nitro groups is 1. The second kappa shape index (κ2) is 5.81. The fourth-order valence-electron chi connectivity index (χ4n) is 3.61. The van der Waals surface area contributed by atoms with E-state index in [-0.39, 0.29) is 24.2 Å². The molecule has 3 atom stereocenters. The lowest BCUT2D eigenvalue weighted by Crippen LogP contribution is -2.43. The second-order valence-electron chi connectivity index (χ2n) is 5.84. The zero-order valence-electron chi connectivity index (χ0n) is 11.7. The zero-order valence-corrected chi connectivity index (χ0v) is 11.7. The van der Waals surface area contributed by atoms with Gasteiger partial charge in [-0.2, -0.15) is 0 Å². The molecular weight excluding hydrogens is 270 g/mol. The number of rotatable bonds is 4. The Morgan fingerprint density at radius 2 is 2.19 bits per heavy atom. The van der Waals surface area contributed by atoms with E-state index in [1.165, 1.54) is 18.9 Å². The summed E-state index contributed by atoms with van der Waals surface area (Å²) in [6.07, 6.45) is 3.50. The molecule has 6 heteroatoms. The summed E-state index contributed by atoms with van der Waals surface area (Å²) in [6.45, 7) is 1.11. The molecule has 3 unspecified atom stereocenters. The Hall–Kier alpha value is -1.95. The molecule has 1 amide bonds. The van der Waals surface area contributed by atoms with Crippen LogP contribution in [0.25, 0.3) is 0 Å². The van der Waals surface area contributed by atoms with Gasteiger partial charge in [0.15, 0.2) is 0 Å². The first kappa shape index (κ1) is 14.0. The summed E-state index contributed by atoms with van der Waals surface area (Å²) < 4.78 is 0. The molecule has 0 aromatic heterocycles. The van der Waals surface area contributed by atoms with Gasteiger partial charge in [0.25, 0.3) is 5.69 Å². The number of fused-ring (bicyclic) bond motifs is 1. The molecule has 0 spiro atoms. The van der Waals surface area contributed by atoms with Gasteiger partial charge >= 0.3 is 0 Å². The molecule has 2 fully saturated rings. The number of carbonyl (C=O) groups excluding carboxylic acids is 1. The lowest BCUT2D eigenvalue weighted by atomic mass is 9.93. The highest BCUT2D eigenvalue weighted by Crippen LogP contribution is 2.37. The van der Waals surface area contributed by atoms with E-state index in [0.29, 0.717) is 17.4 Å². The van der Waals surface area contributed by atoms with Crippen LogP contribution in [0.3, 0.4) is 0 Å². The van der Waals surface area contributed by atoms with E-state index in [4.69, 9.17) is 0 Å². The summed E-state index contributed by atoms with van der Waals surface area (Å²) in [5, 5.41) is 17.1. The number of nitrogens with one attached hydrogen (secondary N) is 2. The molecule has 6 nitrogen and oxygen atoms in total. The lowest BCUT2D eigenvalue weighted by molar-refractivity contribution is -0.385. The predicted octanol–water partition coefficient (Wildman–Crippen LogP) is 1.60. The third-order valence-electron chi connectivity index (χ3n) is 4.67. The smallest absolute Gasteiger partial charge is 0.274 e. The topological polar surface area (TPSA) is 84.3 Å². The number of para-hydroxylation sites is 1. The van der Waals surface area contributed by atoms with Crippen molar-refractivity contribution in [3.8, 4) is 0 Å². The van der Waals surface area contributed by atoms with Crippen molar-refractivity contribution in [2.45, 2.75) is 31.8 Å². The standard InChI is InChI=1S/C15H19N3O3/c19-15(14-12-6-3-5-10(12)8-16-14)17-9-11-4-1-2-7-13(11)18(20)21/h1-2,4,7,10,12,14,16H,3,5-6,8-9H2,(H,17,19). The molecular formula is C15H19N3O3. The minimum atomic E-state index is -0.414. The number of hydrogen-bond donors (Lipinski definition) is 2. The van der Waals surface area contributed by atoms with Crippen LogP contribution in [0.1, 0.15) is 24.8 Å². The van der Waals surface area contributed by atoms with E-state index >= 15 is 0 Å². The highest BCUT2D eigenvalue weighted by atomic mass is 16.6. The molecule has 1 aromatic carbocycles. The van der Waals surface area contributed by atoms with Crippen molar-refractivity contribution in [2.24, 2.45) is 11.8 Å². The molecule has 1 heterocycles. The monoisotopic (exact) mass is 289 g/mol. The summed E-state index contributed by atoms with van der Waals surface area (Å²) >= 11 is 0. The van der Waals surface area contributed by atoms with Crippen LogP contribution >= 0.6 is 0 Å². The van der Waals surface area contributed by atoms with Crippen LogP contribution in [0.5, 0.6) is 0 Å².